The number of non-ortho nitro benzene ring substituents is 1. The molecule has 10 heteroatoms. The molecule has 1 aliphatic heterocycles. The summed E-state index contributed by atoms with van der Waals surface area (Å²) in [6.45, 7) is 2.84. The summed E-state index contributed by atoms with van der Waals surface area (Å²) < 4.78 is 11.0. The molecule has 1 aliphatic rings. The molecular weight excluding hydrogens is 432 g/mol. The van der Waals surface area contributed by atoms with Gasteiger partial charge < -0.3 is 19.4 Å². The van der Waals surface area contributed by atoms with Crippen molar-refractivity contribution < 1.29 is 18.9 Å². The Kier molecular flexibility index (Phi) is 6.43. The minimum atomic E-state index is -0.525. The summed E-state index contributed by atoms with van der Waals surface area (Å²) in [6.07, 6.45) is 0. The van der Waals surface area contributed by atoms with Gasteiger partial charge >= 0.3 is 0 Å². The summed E-state index contributed by atoms with van der Waals surface area (Å²) in [7, 11) is 0. The summed E-state index contributed by atoms with van der Waals surface area (Å²) in [6, 6.07) is 16.8. The Labute approximate surface area is 189 Å². The Morgan fingerprint density at radius 1 is 1.06 bits per heavy atom. The zero-order valence-corrected chi connectivity index (χ0v) is 17.8. The Morgan fingerprint density at radius 2 is 1.84 bits per heavy atom. The lowest BCUT2D eigenvalue weighted by Crippen LogP contribution is -2.38. The summed E-state index contributed by atoms with van der Waals surface area (Å²) in [5.74, 6) is -0.143. The average Bonchev–Trinajstić information content (AvgIpc) is 3.31. The van der Waals surface area contributed by atoms with Crippen LogP contribution in [0, 0.1) is 10.1 Å². The first-order chi connectivity index (χ1) is 15.5. The van der Waals surface area contributed by atoms with Crippen LogP contribution in [0.3, 0.4) is 0 Å². The van der Waals surface area contributed by atoms with E-state index in [4.69, 9.17) is 21.4 Å². The van der Waals surface area contributed by atoms with E-state index in [9.17, 15) is 14.9 Å². The summed E-state index contributed by atoms with van der Waals surface area (Å²) in [5, 5.41) is 16.8. The van der Waals surface area contributed by atoms with Gasteiger partial charge in [0.1, 0.15) is 5.76 Å². The third kappa shape index (κ3) is 4.93. The average molecular weight is 452 g/mol. The zero-order chi connectivity index (χ0) is 22.5. The normalized spacial score (nSPS) is 13.4. The van der Waals surface area contributed by atoms with Gasteiger partial charge in [-0.2, -0.15) is 0 Å². The van der Waals surface area contributed by atoms with Crippen LogP contribution in [-0.4, -0.2) is 42.2 Å². The lowest BCUT2D eigenvalue weighted by molar-refractivity contribution is -0.384. The van der Waals surface area contributed by atoms with Crippen molar-refractivity contribution in [2.24, 2.45) is 0 Å². The van der Waals surface area contributed by atoms with E-state index in [-0.39, 0.29) is 16.6 Å². The van der Waals surface area contributed by atoms with Crippen LogP contribution in [0.5, 0.6) is 0 Å². The number of benzene rings is 2. The third-order valence-corrected chi connectivity index (χ3v) is 5.11. The molecule has 4 rings (SSSR count). The van der Waals surface area contributed by atoms with Crippen LogP contribution >= 0.6 is 12.2 Å². The van der Waals surface area contributed by atoms with E-state index in [1.165, 1.54) is 18.2 Å². The second-order valence-corrected chi connectivity index (χ2v) is 7.40. The molecule has 164 valence electrons. The van der Waals surface area contributed by atoms with E-state index in [1.54, 1.807) is 18.2 Å². The molecule has 0 saturated carbocycles. The van der Waals surface area contributed by atoms with Crippen molar-refractivity contribution >= 4 is 40.3 Å². The Morgan fingerprint density at radius 3 is 2.62 bits per heavy atom. The standard InChI is InChI=1S/C22H20N4O5S/c27-21(20-9-8-19(31-20)15-4-3-5-16(14-15)26(28)29)24-22(32)23-17-6-1-2-7-18(17)25-10-12-30-13-11-25/h1-9,14H,10-13H2,(H2,23,24,27,32). The maximum absolute atomic E-state index is 12.6. The van der Waals surface area contributed by atoms with E-state index in [0.29, 0.717) is 24.5 Å². The fraction of sp³-hybridized carbons (Fsp3) is 0.182. The lowest BCUT2D eigenvalue weighted by atomic mass is 10.1. The van der Waals surface area contributed by atoms with Crippen molar-refractivity contribution in [1.29, 1.82) is 0 Å². The SMILES string of the molecule is O=C(NC(=S)Nc1ccccc1N1CCOCC1)c1ccc(-c2cccc([N+](=O)[O-])c2)o1. The number of amides is 1. The highest BCUT2D eigenvalue weighted by molar-refractivity contribution is 7.80. The monoisotopic (exact) mass is 452 g/mol. The van der Waals surface area contributed by atoms with Gasteiger partial charge in [0.2, 0.25) is 0 Å². The highest BCUT2D eigenvalue weighted by Gasteiger charge is 2.18. The molecule has 1 amide bonds. The summed E-state index contributed by atoms with van der Waals surface area (Å²) in [4.78, 5) is 25.3. The molecule has 32 heavy (non-hydrogen) atoms. The van der Waals surface area contributed by atoms with E-state index >= 15 is 0 Å². The number of para-hydroxylation sites is 2. The Bertz CT molecular complexity index is 1160. The Hall–Kier alpha value is -3.76. The van der Waals surface area contributed by atoms with Gasteiger partial charge in [-0.1, -0.05) is 24.3 Å². The molecule has 3 aromatic rings. The van der Waals surface area contributed by atoms with Crippen LogP contribution in [0.4, 0.5) is 17.1 Å². The fourth-order valence-electron chi connectivity index (χ4n) is 3.37. The molecule has 1 saturated heterocycles. The minimum absolute atomic E-state index is 0.0390. The van der Waals surface area contributed by atoms with Crippen LogP contribution in [-0.2, 0) is 4.74 Å². The predicted octanol–water partition coefficient (Wildman–Crippen LogP) is 3.82. The molecule has 0 spiro atoms. The van der Waals surface area contributed by atoms with Crippen molar-refractivity contribution in [1.82, 2.24) is 5.32 Å². The maximum Gasteiger partial charge on any atom is 0.293 e. The molecule has 0 atom stereocenters. The van der Waals surface area contributed by atoms with Crippen molar-refractivity contribution in [3.8, 4) is 11.3 Å². The van der Waals surface area contributed by atoms with Crippen LogP contribution < -0.4 is 15.5 Å². The van der Waals surface area contributed by atoms with Gasteiger partial charge in [-0.3, -0.25) is 20.2 Å². The highest BCUT2D eigenvalue weighted by Crippen LogP contribution is 2.27. The van der Waals surface area contributed by atoms with Gasteiger partial charge in [0.05, 0.1) is 29.5 Å². The first kappa shape index (κ1) is 21.5. The van der Waals surface area contributed by atoms with E-state index in [0.717, 1.165) is 24.5 Å². The van der Waals surface area contributed by atoms with Crippen LogP contribution in [0.25, 0.3) is 11.3 Å². The van der Waals surface area contributed by atoms with Gasteiger partial charge in [-0.15, -0.1) is 0 Å². The third-order valence-electron chi connectivity index (χ3n) is 4.90. The smallest absolute Gasteiger partial charge is 0.293 e. The first-order valence-corrected chi connectivity index (χ1v) is 10.3. The van der Waals surface area contributed by atoms with Crippen LogP contribution in [0.1, 0.15) is 10.6 Å². The number of carbonyl (C=O) groups excluding carboxylic acids is 1. The molecule has 2 N–H and O–H groups in total. The number of thiocarbonyl (C=S) groups is 1. The largest absolute Gasteiger partial charge is 0.451 e. The number of morpholine rings is 1. The fourth-order valence-corrected chi connectivity index (χ4v) is 3.57. The number of hydrogen-bond acceptors (Lipinski definition) is 7. The minimum Gasteiger partial charge on any atom is -0.451 e. The predicted molar refractivity (Wildman–Crippen MR) is 124 cm³/mol. The quantitative estimate of drug-likeness (QED) is 0.342. The topological polar surface area (TPSA) is 110 Å². The summed E-state index contributed by atoms with van der Waals surface area (Å²) in [5.41, 5.74) is 2.18. The number of nitrogens with zero attached hydrogens (tertiary/aromatic N) is 2. The van der Waals surface area contributed by atoms with Gasteiger partial charge in [0.15, 0.2) is 10.9 Å². The number of nitro groups is 1. The van der Waals surface area contributed by atoms with Crippen LogP contribution in [0.15, 0.2) is 65.1 Å². The molecule has 2 aromatic carbocycles. The van der Waals surface area contributed by atoms with Gasteiger partial charge in [-0.05, 0) is 36.5 Å². The molecule has 0 radical (unpaired) electrons. The van der Waals surface area contributed by atoms with E-state index in [1.807, 2.05) is 24.3 Å². The van der Waals surface area contributed by atoms with Crippen LogP contribution in [0.2, 0.25) is 0 Å². The number of anilines is 2. The second-order valence-electron chi connectivity index (χ2n) is 7.00. The van der Waals surface area contributed by atoms with Crippen molar-refractivity contribution in [3.05, 3.63) is 76.5 Å². The first-order valence-electron chi connectivity index (χ1n) is 9.90. The molecule has 0 aliphatic carbocycles. The summed E-state index contributed by atoms with van der Waals surface area (Å²) >= 11 is 5.32. The maximum atomic E-state index is 12.6. The number of nitrogens with one attached hydrogen (secondary N) is 2. The van der Waals surface area contributed by atoms with Crippen molar-refractivity contribution in [3.63, 3.8) is 0 Å². The molecule has 0 bridgehead atoms. The molecule has 9 nitrogen and oxygen atoms in total. The van der Waals surface area contributed by atoms with Crippen molar-refractivity contribution in [2.45, 2.75) is 0 Å². The number of carbonyl (C=O) groups is 1. The van der Waals surface area contributed by atoms with Gasteiger partial charge in [0, 0.05) is 30.8 Å². The lowest BCUT2D eigenvalue weighted by Gasteiger charge is -2.30. The second kappa shape index (κ2) is 9.58. The highest BCUT2D eigenvalue weighted by atomic mass is 32.1. The molecule has 1 aromatic heterocycles. The number of nitro benzene ring substituents is 1. The molecule has 2 heterocycles. The van der Waals surface area contributed by atoms with Gasteiger partial charge in [0.25, 0.3) is 11.6 Å². The number of hydrogen-bond donors (Lipinski definition) is 2. The van der Waals surface area contributed by atoms with Crippen molar-refractivity contribution in [2.75, 3.05) is 36.5 Å². The molecular formula is C22H20N4O5S. The molecule has 0 unspecified atom stereocenters. The van der Waals surface area contributed by atoms with E-state index in [2.05, 4.69) is 15.5 Å². The number of furan rings is 1. The van der Waals surface area contributed by atoms with E-state index < -0.39 is 10.8 Å². The number of rotatable bonds is 5. The zero-order valence-electron chi connectivity index (χ0n) is 16.9. The number of ether oxygens (including phenoxy) is 1. The molecule has 1 fully saturated rings. The van der Waals surface area contributed by atoms with Gasteiger partial charge in [-0.25, -0.2) is 0 Å². The Balaban J connectivity index is 1.43.